The maximum atomic E-state index is 11.4. The summed E-state index contributed by atoms with van der Waals surface area (Å²) in [6.07, 6.45) is 2.40. The Hall–Kier alpha value is -2.09. The van der Waals surface area contributed by atoms with E-state index in [1.165, 1.54) is 4.68 Å². The normalized spacial score (nSPS) is 12.1. The first-order chi connectivity index (χ1) is 10.2. The molecule has 2 aromatic rings. The Morgan fingerprint density at radius 3 is 2.71 bits per heavy atom. The van der Waals surface area contributed by atoms with Crippen LogP contribution in [0.4, 0.5) is 0 Å². The van der Waals surface area contributed by atoms with Crippen molar-refractivity contribution in [3.8, 4) is 17.1 Å². The summed E-state index contributed by atoms with van der Waals surface area (Å²) in [4.78, 5) is 11.4. The van der Waals surface area contributed by atoms with Gasteiger partial charge in [0.15, 0.2) is 11.9 Å². The second-order valence-corrected chi connectivity index (χ2v) is 5.30. The maximum absolute atomic E-state index is 11.4. The van der Waals surface area contributed by atoms with Crippen molar-refractivity contribution in [1.82, 2.24) is 20.2 Å². The number of carbonyl (C=O) groups is 1. The van der Waals surface area contributed by atoms with Gasteiger partial charge in [0.05, 0.1) is 7.11 Å². The molecular weight excluding hydrogens is 292 g/mol. The molecule has 0 saturated carbocycles. The van der Waals surface area contributed by atoms with Gasteiger partial charge in [-0.2, -0.15) is 11.8 Å². The topological polar surface area (TPSA) is 90.1 Å². The molecule has 1 aromatic carbocycles. The Bertz CT molecular complexity index is 600. The zero-order valence-electron chi connectivity index (χ0n) is 11.8. The highest BCUT2D eigenvalue weighted by atomic mass is 32.2. The average Bonchev–Trinajstić information content (AvgIpc) is 2.96. The van der Waals surface area contributed by atoms with Crippen LogP contribution in [0, 0.1) is 0 Å². The summed E-state index contributed by atoms with van der Waals surface area (Å²) in [6, 6.07) is 6.39. The number of thioether (sulfide) groups is 1. The SMILES string of the molecule is COc1ccc(-c2nnnn2C(CCSC)C(=O)O)cc1. The third-order valence-corrected chi connectivity index (χ3v) is 3.66. The van der Waals surface area contributed by atoms with Crippen molar-refractivity contribution in [3.05, 3.63) is 24.3 Å². The van der Waals surface area contributed by atoms with Gasteiger partial charge in [-0.15, -0.1) is 5.10 Å². The van der Waals surface area contributed by atoms with Gasteiger partial charge >= 0.3 is 5.97 Å². The lowest BCUT2D eigenvalue weighted by atomic mass is 10.1. The molecule has 2 rings (SSSR count). The monoisotopic (exact) mass is 308 g/mol. The van der Waals surface area contributed by atoms with E-state index in [9.17, 15) is 9.90 Å². The molecule has 0 aliphatic carbocycles. The number of carboxylic acid groups (broad SMARTS) is 1. The molecule has 1 heterocycles. The van der Waals surface area contributed by atoms with E-state index in [4.69, 9.17) is 4.74 Å². The van der Waals surface area contributed by atoms with Gasteiger partial charge in [-0.3, -0.25) is 0 Å². The molecule has 1 unspecified atom stereocenters. The van der Waals surface area contributed by atoms with E-state index in [0.29, 0.717) is 12.2 Å². The van der Waals surface area contributed by atoms with E-state index < -0.39 is 12.0 Å². The number of ether oxygens (including phenoxy) is 1. The molecule has 8 heteroatoms. The third kappa shape index (κ3) is 3.52. The van der Waals surface area contributed by atoms with E-state index in [1.807, 2.05) is 6.26 Å². The Morgan fingerprint density at radius 2 is 2.14 bits per heavy atom. The Morgan fingerprint density at radius 1 is 1.43 bits per heavy atom. The summed E-state index contributed by atoms with van der Waals surface area (Å²) >= 11 is 1.59. The van der Waals surface area contributed by atoms with Crippen LogP contribution in [0.5, 0.6) is 5.75 Å². The lowest BCUT2D eigenvalue weighted by Crippen LogP contribution is -2.22. The minimum absolute atomic E-state index is 0.436. The van der Waals surface area contributed by atoms with Crippen LogP contribution in [0.1, 0.15) is 12.5 Å². The van der Waals surface area contributed by atoms with Crippen LogP contribution in [0.15, 0.2) is 24.3 Å². The molecule has 7 nitrogen and oxygen atoms in total. The zero-order valence-corrected chi connectivity index (χ0v) is 12.6. The van der Waals surface area contributed by atoms with Gasteiger partial charge in [0.1, 0.15) is 5.75 Å². The molecule has 0 aliphatic rings. The summed E-state index contributed by atoms with van der Waals surface area (Å²) in [6.45, 7) is 0. The number of hydrogen-bond acceptors (Lipinski definition) is 6. The van der Waals surface area contributed by atoms with Crippen LogP contribution in [-0.4, -0.2) is 50.4 Å². The summed E-state index contributed by atoms with van der Waals surface area (Å²) in [5.74, 6) is 0.936. The Labute approximate surface area is 126 Å². The molecule has 21 heavy (non-hydrogen) atoms. The van der Waals surface area contributed by atoms with Crippen LogP contribution < -0.4 is 4.74 Å². The smallest absolute Gasteiger partial charge is 0.328 e. The van der Waals surface area contributed by atoms with Crippen LogP contribution >= 0.6 is 11.8 Å². The predicted molar refractivity (Wildman–Crippen MR) is 79.5 cm³/mol. The number of hydrogen-bond donors (Lipinski definition) is 1. The molecule has 0 aliphatic heterocycles. The number of methoxy groups -OCH3 is 1. The third-order valence-electron chi connectivity index (χ3n) is 3.02. The van der Waals surface area contributed by atoms with E-state index in [0.717, 1.165) is 17.1 Å². The first-order valence-electron chi connectivity index (χ1n) is 6.31. The maximum Gasteiger partial charge on any atom is 0.328 e. The van der Waals surface area contributed by atoms with Gasteiger partial charge in [-0.25, -0.2) is 9.48 Å². The minimum Gasteiger partial charge on any atom is -0.497 e. The average molecular weight is 308 g/mol. The highest BCUT2D eigenvalue weighted by molar-refractivity contribution is 7.98. The van der Waals surface area contributed by atoms with E-state index in [2.05, 4.69) is 15.5 Å². The van der Waals surface area contributed by atoms with Crippen molar-refractivity contribution in [2.45, 2.75) is 12.5 Å². The first kappa shape index (κ1) is 15.3. The summed E-state index contributed by atoms with van der Waals surface area (Å²) < 4.78 is 6.46. The van der Waals surface area contributed by atoms with Crippen LogP contribution in [0.3, 0.4) is 0 Å². The second-order valence-electron chi connectivity index (χ2n) is 4.31. The standard InChI is InChI=1S/C13H16N4O3S/c1-20-10-5-3-9(4-6-10)12-14-15-16-17(12)11(13(18)19)7-8-21-2/h3-6,11H,7-8H2,1-2H3,(H,18,19). The van der Waals surface area contributed by atoms with Crippen LogP contribution in [0.2, 0.25) is 0 Å². The molecule has 0 saturated heterocycles. The number of nitrogens with zero attached hydrogens (tertiary/aromatic N) is 4. The summed E-state index contributed by atoms with van der Waals surface area (Å²) in [7, 11) is 1.59. The minimum atomic E-state index is -0.939. The lowest BCUT2D eigenvalue weighted by Gasteiger charge is -2.13. The quantitative estimate of drug-likeness (QED) is 0.833. The molecule has 1 N–H and O–H groups in total. The number of aliphatic carboxylic acids is 1. The Kier molecular flexibility index (Phi) is 5.15. The molecule has 0 spiro atoms. The molecule has 1 atom stereocenters. The predicted octanol–water partition coefficient (Wildman–Crippen LogP) is 1.73. The molecule has 0 radical (unpaired) electrons. The highest BCUT2D eigenvalue weighted by Crippen LogP contribution is 2.24. The highest BCUT2D eigenvalue weighted by Gasteiger charge is 2.24. The number of tetrazole rings is 1. The van der Waals surface area contributed by atoms with E-state index in [-0.39, 0.29) is 0 Å². The summed E-state index contributed by atoms with van der Waals surface area (Å²) in [5.41, 5.74) is 0.746. The number of carboxylic acids is 1. The molecule has 0 amide bonds. The number of rotatable bonds is 7. The fourth-order valence-corrected chi connectivity index (χ4v) is 2.37. The molecule has 1 aromatic heterocycles. The van der Waals surface area contributed by atoms with E-state index >= 15 is 0 Å². The van der Waals surface area contributed by atoms with Crippen LogP contribution in [0.25, 0.3) is 11.4 Å². The molecule has 0 bridgehead atoms. The van der Waals surface area contributed by atoms with E-state index in [1.54, 1.807) is 43.1 Å². The van der Waals surface area contributed by atoms with Gasteiger partial charge in [0.2, 0.25) is 0 Å². The Balaban J connectivity index is 2.33. The summed E-state index contributed by atoms with van der Waals surface area (Å²) in [5, 5.41) is 20.8. The molecule has 0 fully saturated rings. The van der Waals surface area contributed by atoms with Crippen molar-refractivity contribution in [2.24, 2.45) is 0 Å². The van der Waals surface area contributed by atoms with Crippen molar-refractivity contribution in [3.63, 3.8) is 0 Å². The fourth-order valence-electron chi connectivity index (χ4n) is 1.91. The molecular formula is C13H16N4O3S. The number of aromatic nitrogens is 4. The molecule has 112 valence electrons. The van der Waals surface area contributed by atoms with Gasteiger partial charge < -0.3 is 9.84 Å². The fraction of sp³-hybridized carbons (Fsp3) is 0.385. The van der Waals surface area contributed by atoms with Gasteiger partial charge in [0, 0.05) is 5.56 Å². The van der Waals surface area contributed by atoms with Crippen molar-refractivity contribution in [2.75, 3.05) is 19.1 Å². The lowest BCUT2D eigenvalue weighted by molar-refractivity contribution is -0.141. The van der Waals surface area contributed by atoms with Crippen LogP contribution in [-0.2, 0) is 4.79 Å². The van der Waals surface area contributed by atoms with Gasteiger partial charge in [0.25, 0.3) is 0 Å². The van der Waals surface area contributed by atoms with Crippen molar-refractivity contribution in [1.29, 1.82) is 0 Å². The van der Waals surface area contributed by atoms with Gasteiger partial charge in [-0.1, -0.05) is 0 Å². The van der Waals surface area contributed by atoms with Gasteiger partial charge in [-0.05, 0) is 53.1 Å². The van der Waals surface area contributed by atoms with Crippen molar-refractivity contribution >= 4 is 17.7 Å². The first-order valence-corrected chi connectivity index (χ1v) is 7.70. The largest absolute Gasteiger partial charge is 0.497 e. The van der Waals surface area contributed by atoms with Crippen molar-refractivity contribution < 1.29 is 14.6 Å². The zero-order chi connectivity index (χ0) is 15.2. The second kappa shape index (κ2) is 7.07. The number of benzene rings is 1.